The van der Waals surface area contributed by atoms with Crippen molar-refractivity contribution in [1.82, 2.24) is 14.4 Å². The molecule has 6 nitrogen and oxygen atoms in total. The molecule has 2 aliphatic heterocycles. The number of carboxylic acids is 1. The van der Waals surface area contributed by atoms with Crippen LogP contribution in [0.3, 0.4) is 0 Å². The number of fused-ring (bicyclic) bond motifs is 5. The van der Waals surface area contributed by atoms with E-state index in [0.29, 0.717) is 17.5 Å². The van der Waals surface area contributed by atoms with Gasteiger partial charge in [-0.2, -0.15) is 0 Å². The Kier molecular flexibility index (Phi) is 7.19. The molecule has 1 N–H and O–H groups in total. The summed E-state index contributed by atoms with van der Waals surface area (Å²) in [6, 6.07) is 15.4. The Balaban J connectivity index is 1.38. The highest BCUT2D eigenvalue weighted by Gasteiger charge is 2.31. The predicted molar refractivity (Wildman–Crippen MR) is 156 cm³/mol. The van der Waals surface area contributed by atoms with Gasteiger partial charge in [-0.1, -0.05) is 43.5 Å². The van der Waals surface area contributed by atoms with Crippen molar-refractivity contribution in [3.05, 3.63) is 53.6 Å². The molecule has 1 saturated heterocycles. The summed E-state index contributed by atoms with van der Waals surface area (Å²) in [5, 5.41) is 11.0. The number of carbonyl (C=O) groups is 1. The third-order valence-corrected chi connectivity index (χ3v) is 9.49. The molecule has 0 atom stereocenters. The Bertz CT molecular complexity index is 1300. The fraction of sp³-hybridized carbons (Fsp3) is 0.531. The number of hydrogen-bond donors (Lipinski definition) is 1. The van der Waals surface area contributed by atoms with Gasteiger partial charge in [-0.05, 0) is 82.5 Å². The molecule has 6 heteroatoms. The molecular formula is C32H42N4O2. The minimum absolute atomic E-state index is 0.377. The average molecular weight is 515 g/mol. The van der Waals surface area contributed by atoms with E-state index in [-0.39, 0.29) is 0 Å². The molecule has 202 valence electrons. The van der Waals surface area contributed by atoms with E-state index in [1.165, 1.54) is 85.9 Å². The summed E-state index contributed by atoms with van der Waals surface area (Å²) in [4.78, 5) is 19.5. The second-order valence-corrected chi connectivity index (χ2v) is 11.8. The molecule has 0 spiro atoms. The summed E-state index contributed by atoms with van der Waals surface area (Å²) < 4.78 is 2.45. The summed E-state index contributed by atoms with van der Waals surface area (Å²) in [7, 11) is 4.52. The van der Waals surface area contributed by atoms with Crippen molar-refractivity contribution >= 4 is 22.6 Å². The summed E-state index contributed by atoms with van der Waals surface area (Å²) in [6.45, 7) is 6.22. The zero-order valence-electron chi connectivity index (χ0n) is 23.0. The van der Waals surface area contributed by atoms with E-state index in [4.69, 9.17) is 0 Å². The molecule has 1 aliphatic carbocycles. The van der Waals surface area contributed by atoms with E-state index in [1.807, 2.05) is 6.07 Å². The van der Waals surface area contributed by atoms with Gasteiger partial charge in [0.05, 0.1) is 11.3 Å². The first-order chi connectivity index (χ1) is 18.5. The summed E-state index contributed by atoms with van der Waals surface area (Å²) in [5.74, 6) is -0.317. The lowest BCUT2D eigenvalue weighted by molar-refractivity contribution is 0.0697. The third-order valence-electron chi connectivity index (χ3n) is 9.49. The van der Waals surface area contributed by atoms with Crippen LogP contribution in [0.15, 0.2) is 42.5 Å². The molecule has 1 saturated carbocycles. The summed E-state index contributed by atoms with van der Waals surface area (Å²) in [6.07, 6.45) is 8.82. The predicted octanol–water partition coefficient (Wildman–Crippen LogP) is 5.90. The van der Waals surface area contributed by atoms with Gasteiger partial charge in [0.1, 0.15) is 0 Å². The Hall–Kier alpha value is -2.83. The minimum atomic E-state index is -0.853. The van der Waals surface area contributed by atoms with E-state index in [9.17, 15) is 9.90 Å². The molecule has 3 heterocycles. The normalized spacial score (nSPS) is 19.5. The second kappa shape index (κ2) is 10.7. The van der Waals surface area contributed by atoms with Gasteiger partial charge in [-0.15, -0.1) is 0 Å². The smallest absolute Gasteiger partial charge is 0.335 e. The zero-order chi connectivity index (χ0) is 26.2. The Morgan fingerprint density at radius 2 is 1.74 bits per heavy atom. The Labute approximate surface area is 226 Å². The number of nitrogens with zero attached hydrogens (tertiary/aromatic N) is 4. The molecular weight excluding hydrogens is 472 g/mol. The number of para-hydroxylation sites is 1. The zero-order valence-corrected chi connectivity index (χ0v) is 23.0. The van der Waals surface area contributed by atoms with Crippen LogP contribution in [0.5, 0.6) is 0 Å². The first-order valence-corrected chi connectivity index (χ1v) is 14.6. The summed E-state index contributed by atoms with van der Waals surface area (Å²) in [5.41, 5.74) is 6.87. The number of aromatic nitrogens is 1. The van der Waals surface area contributed by atoms with E-state index in [0.717, 1.165) is 31.7 Å². The quantitative estimate of drug-likeness (QED) is 0.444. The molecule has 0 unspecified atom stereocenters. The first kappa shape index (κ1) is 25.4. The van der Waals surface area contributed by atoms with Crippen LogP contribution in [-0.4, -0.2) is 78.3 Å². The largest absolute Gasteiger partial charge is 0.478 e. The number of carboxylic acid groups (broad SMARTS) is 1. The number of likely N-dealkylation sites (N-methyl/N-ethyl adjacent to an activating group) is 1. The van der Waals surface area contributed by atoms with E-state index in [1.54, 1.807) is 6.07 Å². The highest BCUT2D eigenvalue weighted by atomic mass is 16.4. The topological polar surface area (TPSA) is 52.0 Å². The van der Waals surface area contributed by atoms with Gasteiger partial charge in [-0.25, -0.2) is 4.79 Å². The number of anilines is 1. The van der Waals surface area contributed by atoms with E-state index < -0.39 is 5.97 Å². The molecule has 3 aromatic rings. The van der Waals surface area contributed by atoms with Crippen molar-refractivity contribution in [3.63, 3.8) is 0 Å². The Morgan fingerprint density at radius 1 is 0.974 bits per heavy atom. The first-order valence-electron chi connectivity index (χ1n) is 14.6. The van der Waals surface area contributed by atoms with Crippen molar-refractivity contribution in [2.45, 2.75) is 63.5 Å². The highest BCUT2D eigenvalue weighted by molar-refractivity contribution is 5.99. The van der Waals surface area contributed by atoms with Crippen LogP contribution in [-0.2, 0) is 6.54 Å². The minimum Gasteiger partial charge on any atom is -0.478 e. The summed E-state index contributed by atoms with van der Waals surface area (Å²) >= 11 is 0. The van der Waals surface area contributed by atoms with Crippen LogP contribution in [0.25, 0.3) is 22.2 Å². The van der Waals surface area contributed by atoms with Crippen molar-refractivity contribution in [3.8, 4) is 11.3 Å². The van der Waals surface area contributed by atoms with Crippen LogP contribution in [0, 0.1) is 0 Å². The fourth-order valence-electron chi connectivity index (χ4n) is 7.26. The molecule has 6 rings (SSSR count). The van der Waals surface area contributed by atoms with Crippen molar-refractivity contribution in [2.24, 2.45) is 0 Å². The third kappa shape index (κ3) is 4.73. The van der Waals surface area contributed by atoms with Gasteiger partial charge in [0, 0.05) is 54.4 Å². The maximum Gasteiger partial charge on any atom is 0.335 e. The van der Waals surface area contributed by atoms with Crippen molar-refractivity contribution in [2.75, 3.05) is 51.7 Å². The van der Waals surface area contributed by atoms with E-state index >= 15 is 0 Å². The van der Waals surface area contributed by atoms with E-state index in [2.05, 4.69) is 63.7 Å². The maximum absolute atomic E-state index is 11.9. The Morgan fingerprint density at radius 3 is 2.50 bits per heavy atom. The molecule has 3 aliphatic rings. The molecule has 2 fully saturated rings. The van der Waals surface area contributed by atoms with Gasteiger partial charge in [-0.3, -0.25) is 0 Å². The molecule has 1 aromatic heterocycles. The number of benzene rings is 2. The van der Waals surface area contributed by atoms with Crippen LogP contribution < -0.4 is 4.90 Å². The average Bonchev–Trinajstić information content (AvgIpc) is 3.17. The fourth-order valence-corrected chi connectivity index (χ4v) is 7.26. The molecule has 38 heavy (non-hydrogen) atoms. The number of hydrogen-bond acceptors (Lipinski definition) is 4. The van der Waals surface area contributed by atoms with Crippen molar-refractivity contribution < 1.29 is 9.90 Å². The number of aromatic carboxylic acids is 1. The lowest BCUT2D eigenvalue weighted by Gasteiger charge is -2.36. The highest BCUT2D eigenvalue weighted by Crippen LogP contribution is 2.47. The monoisotopic (exact) mass is 514 g/mol. The standard InChI is InChI=1S/C32H42N4O2/c1-33-16-14-25(15-17-33)34(2)18-19-35-20-21-36-29-22-24(32(37)38)12-13-26(29)30(23-8-4-3-5-9-23)31(36)27-10-6-7-11-28(27)35/h6-7,10-13,22-23,25H,3-5,8-9,14-21H2,1-2H3,(H,37,38). The maximum atomic E-state index is 11.9. The SMILES string of the molecule is CN1CCC(N(C)CCN2CCn3c(c(C4CCCCC4)c4ccc(C(=O)O)cc43)-c3ccccc32)CC1. The van der Waals surface area contributed by atoms with Gasteiger partial charge in [0.15, 0.2) is 0 Å². The van der Waals surface area contributed by atoms with Crippen LogP contribution in [0.4, 0.5) is 5.69 Å². The number of rotatable bonds is 6. The lowest BCUT2D eigenvalue weighted by Crippen LogP contribution is -2.44. The van der Waals surface area contributed by atoms with Crippen LogP contribution in [0.1, 0.15) is 66.8 Å². The van der Waals surface area contributed by atoms with Crippen LogP contribution in [0.2, 0.25) is 0 Å². The van der Waals surface area contributed by atoms with Crippen molar-refractivity contribution in [1.29, 1.82) is 0 Å². The number of piperidine rings is 1. The van der Waals surface area contributed by atoms with Gasteiger partial charge >= 0.3 is 5.97 Å². The molecule has 0 radical (unpaired) electrons. The molecule has 0 amide bonds. The van der Waals surface area contributed by atoms with Gasteiger partial charge < -0.3 is 24.4 Å². The molecule has 2 aromatic carbocycles. The lowest BCUT2D eigenvalue weighted by atomic mass is 9.81. The van der Waals surface area contributed by atoms with Gasteiger partial charge in [0.25, 0.3) is 0 Å². The van der Waals surface area contributed by atoms with Gasteiger partial charge in [0.2, 0.25) is 0 Å². The molecule has 0 bridgehead atoms. The van der Waals surface area contributed by atoms with Crippen LogP contribution >= 0.6 is 0 Å². The number of likely N-dealkylation sites (tertiary alicyclic amines) is 1. The second-order valence-electron chi connectivity index (χ2n) is 11.8.